The number of benzene rings is 2. The fraction of sp³-hybridized carbons (Fsp3) is 0.423. The summed E-state index contributed by atoms with van der Waals surface area (Å²) < 4.78 is 11.0. The van der Waals surface area contributed by atoms with Crippen LogP contribution in [0.4, 0.5) is 0 Å². The van der Waals surface area contributed by atoms with Crippen LogP contribution in [0.3, 0.4) is 0 Å². The first-order valence-corrected chi connectivity index (χ1v) is 11.8. The molecule has 0 aromatic heterocycles. The van der Waals surface area contributed by atoms with Crippen molar-refractivity contribution in [1.82, 2.24) is 0 Å². The molecule has 0 radical (unpaired) electrons. The largest absolute Gasteiger partial charge is 0.460 e. The molecule has 3 rings (SSSR count). The number of carbonyl (C=O) groups is 2. The number of hydrogen-bond donors (Lipinski definition) is 0. The Morgan fingerprint density at radius 1 is 1.09 bits per heavy atom. The summed E-state index contributed by atoms with van der Waals surface area (Å²) >= 11 is 1.32. The zero-order valence-electron chi connectivity index (χ0n) is 18.7. The van der Waals surface area contributed by atoms with Crippen LogP contribution >= 0.6 is 11.8 Å². The van der Waals surface area contributed by atoms with Crippen LogP contribution in [0.2, 0.25) is 0 Å². The molecule has 1 fully saturated rings. The number of rotatable bonds is 7. The highest BCUT2D eigenvalue weighted by Crippen LogP contribution is 2.35. The first-order valence-electron chi connectivity index (χ1n) is 11.0. The number of nitrogens with zero attached hydrogens (tertiary/aromatic N) is 1. The van der Waals surface area contributed by atoms with E-state index >= 15 is 0 Å². The van der Waals surface area contributed by atoms with E-state index in [0.29, 0.717) is 33.8 Å². The topological polar surface area (TPSA) is 76.4 Å². The van der Waals surface area contributed by atoms with Gasteiger partial charge in [-0.3, -0.25) is 0 Å². The maximum atomic E-state index is 12.7. The van der Waals surface area contributed by atoms with E-state index in [1.807, 2.05) is 18.2 Å². The van der Waals surface area contributed by atoms with Crippen LogP contribution in [0.15, 0.2) is 58.3 Å². The summed E-state index contributed by atoms with van der Waals surface area (Å²) in [4.78, 5) is 26.6. The zero-order valence-corrected chi connectivity index (χ0v) is 19.6. The number of hydrogen-bond acceptors (Lipinski definition) is 6. The standard InChI is InChI=1S/C26H29NO4S/c1-17(2)20-13-12-18(3)14-22(20)31-25(28)16-30-26(29)21-9-5-7-11-24(21)32-23-10-6-4-8-19(23)15-27/h4-11,17-18,20,22H,12-14,16H2,1-3H3/t18-,20+,22-/m1/s1. The van der Waals surface area contributed by atoms with E-state index in [2.05, 4.69) is 26.8 Å². The highest BCUT2D eigenvalue weighted by molar-refractivity contribution is 7.99. The Hall–Kier alpha value is -2.78. The van der Waals surface area contributed by atoms with Crippen molar-refractivity contribution >= 4 is 23.7 Å². The molecular formula is C26H29NO4S. The predicted molar refractivity (Wildman–Crippen MR) is 123 cm³/mol. The molecule has 1 saturated carbocycles. The van der Waals surface area contributed by atoms with Gasteiger partial charge >= 0.3 is 11.9 Å². The van der Waals surface area contributed by atoms with Crippen LogP contribution in [0.5, 0.6) is 0 Å². The van der Waals surface area contributed by atoms with Crippen molar-refractivity contribution in [2.45, 2.75) is 55.9 Å². The summed E-state index contributed by atoms with van der Waals surface area (Å²) in [5.41, 5.74) is 0.884. The minimum atomic E-state index is -0.586. The molecule has 168 valence electrons. The van der Waals surface area contributed by atoms with Gasteiger partial charge in [-0.05, 0) is 54.9 Å². The Morgan fingerprint density at radius 3 is 2.50 bits per heavy atom. The molecule has 0 saturated heterocycles. The summed E-state index contributed by atoms with van der Waals surface area (Å²) in [5, 5.41) is 9.32. The molecule has 5 nitrogen and oxygen atoms in total. The molecule has 0 spiro atoms. The van der Waals surface area contributed by atoms with Gasteiger partial charge in [-0.15, -0.1) is 0 Å². The summed E-state index contributed by atoms with van der Waals surface area (Å²) in [6.45, 7) is 6.07. The fourth-order valence-corrected chi connectivity index (χ4v) is 5.16. The Balaban J connectivity index is 1.63. The van der Waals surface area contributed by atoms with Crippen molar-refractivity contribution in [2.24, 2.45) is 17.8 Å². The number of ether oxygens (including phenoxy) is 2. The van der Waals surface area contributed by atoms with Crippen LogP contribution in [-0.2, 0) is 14.3 Å². The van der Waals surface area contributed by atoms with Crippen LogP contribution < -0.4 is 0 Å². The van der Waals surface area contributed by atoms with Gasteiger partial charge in [-0.2, -0.15) is 5.26 Å². The maximum Gasteiger partial charge on any atom is 0.344 e. The van der Waals surface area contributed by atoms with E-state index in [0.717, 1.165) is 24.2 Å². The van der Waals surface area contributed by atoms with Crippen molar-refractivity contribution in [3.8, 4) is 6.07 Å². The summed E-state index contributed by atoms with van der Waals surface area (Å²) in [6, 6.07) is 16.4. The average molecular weight is 452 g/mol. The van der Waals surface area contributed by atoms with E-state index in [1.54, 1.807) is 30.3 Å². The summed E-state index contributed by atoms with van der Waals surface area (Å²) in [6.07, 6.45) is 2.91. The van der Waals surface area contributed by atoms with Crippen LogP contribution in [0.25, 0.3) is 0 Å². The van der Waals surface area contributed by atoms with Gasteiger partial charge in [0, 0.05) is 9.79 Å². The van der Waals surface area contributed by atoms with E-state index in [9.17, 15) is 14.9 Å². The number of nitriles is 1. The van der Waals surface area contributed by atoms with Gasteiger partial charge in [0.2, 0.25) is 0 Å². The van der Waals surface area contributed by atoms with Gasteiger partial charge in [0.25, 0.3) is 0 Å². The molecule has 1 aliphatic carbocycles. The van der Waals surface area contributed by atoms with Crippen molar-refractivity contribution in [3.63, 3.8) is 0 Å². The molecule has 3 atom stereocenters. The second-order valence-corrected chi connectivity index (χ2v) is 9.72. The van der Waals surface area contributed by atoms with Crippen molar-refractivity contribution in [2.75, 3.05) is 6.61 Å². The van der Waals surface area contributed by atoms with Gasteiger partial charge in [0.05, 0.1) is 11.1 Å². The SMILES string of the molecule is CC(C)[C@@H]1CC[C@@H](C)C[C@H]1OC(=O)COC(=O)c1ccccc1Sc1ccccc1C#N. The quantitative estimate of drug-likeness (QED) is 0.490. The molecule has 0 heterocycles. The monoisotopic (exact) mass is 451 g/mol. The molecule has 6 heteroatoms. The molecule has 0 amide bonds. The summed E-state index contributed by atoms with van der Waals surface area (Å²) in [5.74, 6) is 0.191. The molecule has 0 aliphatic heterocycles. The van der Waals surface area contributed by atoms with Crippen LogP contribution in [0, 0.1) is 29.1 Å². The lowest BCUT2D eigenvalue weighted by atomic mass is 9.75. The van der Waals surface area contributed by atoms with E-state index in [-0.39, 0.29) is 6.10 Å². The first kappa shape index (κ1) is 23.9. The second-order valence-electron chi connectivity index (χ2n) is 8.64. The third kappa shape index (κ3) is 6.14. The first-order chi connectivity index (χ1) is 15.4. The highest BCUT2D eigenvalue weighted by atomic mass is 32.2. The maximum absolute atomic E-state index is 12.7. The zero-order chi connectivity index (χ0) is 23.1. The van der Waals surface area contributed by atoms with Gasteiger partial charge < -0.3 is 9.47 Å². The lowest BCUT2D eigenvalue weighted by Gasteiger charge is -2.36. The second kappa shape index (κ2) is 11.2. The molecule has 0 bridgehead atoms. The van der Waals surface area contributed by atoms with Crippen molar-refractivity contribution < 1.29 is 19.1 Å². The third-order valence-electron chi connectivity index (χ3n) is 5.90. The van der Waals surface area contributed by atoms with Gasteiger partial charge in [0.15, 0.2) is 6.61 Å². The van der Waals surface area contributed by atoms with E-state index in [4.69, 9.17) is 9.47 Å². The van der Waals surface area contributed by atoms with Crippen LogP contribution in [0.1, 0.15) is 56.0 Å². The Bertz CT molecular complexity index is 997. The number of carbonyl (C=O) groups excluding carboxylic acids is 2. The third-order valence-corrected chi connectivity index (χ3v) is 7.05. The Morgan fingerprint density at radius 2 is 1.78 bits per heavy atom. The predicted octanol–water partition coefficient (Wildman–Crippen LogP) is 5.87. The minimum absolute atomic E-state index is 0.129. The van der Waals surface area contributed by atoms with E-state index in [1.165, 1.54) is 11.8 Å². The Kier molecular flexibility index (Phi) is 8.35. The molecule has 2 aromatic carbocycles. The molecule has 0 N–H and O–H groups in total. The van der Waals surface area contributed by atoms with Crippen molar-refractivity contribution in [1.29, 1.82) is 5.26 Å². The summed E-state index contributed by atoms with van der Waals surface area (Å²) in [7, 11) is 0. The highest BCUT2D eigenvalue weighted by Gasteiger charge is 2.33. The van der Waals surface area contributed by atoms with Gasteiger partial charge in [0.1, 0.15) is 12.2 Å². The van der Waals surface area contributed by atoms with Crippen molar-refractivity contribution in [3.05, 3.63) is 59.7 Å². The molecule has 32 heavy (non-hydrogen) atoms. The number of esters is 2. The van der Waals surface area contributed by atoms with Crippen LogP contribution in [-0.4, -0.2) is 24.6 Å². The fourth-order valence-electron chi connectivity index (χ4n) is 4.15. The lowest BCUT2D eigenvalue weighted by molar-refractivity contribution is -0.159. The normalized spacial score (nSPS) is 20.4. The van der Waals surface area contributed by atoms with Gasteiger partial charge in [-0.25, -0.2) is 9.59 Å². The molecule has 1 aliphatic rings. The van der Waals surface area contributed by atoms with E-state index < -0.39 is 18.5 Å². The lowest BCUT2D eigenvalue weighted by Crippen LogP contribution is -2.36. The Labute approximate surface area is 194 Å². The molecular weight excluding hydrogens is 422 g/mol. The molecule has 2 aromatic rings. The average Bonchev–Trinajstić information content (AvgIpc) is 2.78. The van der Waals surface area contributed by atoms with Gasteiger partial charge in [-0.1, -0.05) is 63.2 Å². The smallest absolute Gasteiger partial charge is 0.344 e. The minimum Gasteiger partial charge on any atom is -0.460 e. The molecule has 0 unspecified atom stereocenters.